The first kappa shape index (κ1) is 28.1. The van der Waals surface area contributed by atoms with Gasteiger partial charge in [-0.3, -0.25) is 9.69 Å². The van der Waals surface area contributed by atoms with Crippen molar-refractivity contribution in [2.45, 2.75) is 13.0 Å². The van der Waals surface area contributed by atoms with Crippen LogP contribution >= 0.6 is 11.8 Å². The fourth-order valence-corrected chi connectivity index (χ4v) is 5.86. The highest BCUT2D eigenvalue weighted by atomic mass is 32.2. The Morgan fingerprint density at radius 3 is 2.56 bits per heavy atom. The SMILES string of the molecule is COC(=O)c1ccc(COc2cccc(C=C3SC(=Nc4ccccc4)N(CCc4c[nH]c5ccccc45)C3=O)c2)cc1. The second-order valence-corrected chi connectivity index (χ2v) is 11.0. The van der Waals surface area contributed by atoms with Crippen molar-refractivity contribution in [3.63, 3.8) is 0 Å². The first-order valence-corrected chi connectivity index (χ1v) is 14.7. The van der Waals surface area contributed by atoms with Crippen molar-refractivity contribution < 1.29 is 19.1 Å². The minimum Gasteiger partial charge on any atom is -0.489 e. The fourth-order valence-electron chi connectivity index (χ4n) is 4.84. The average Bonchev–Trinajstić information content (AvgIpc) is 3.59. The number of methoxy groups -OCH3 is 1. The normalized spacial score (nSPS) is 15.0. The molecule has 1 saturated heterocycles. The molecule has 7 nitrogen and oxygen atoms in total. The third-order valence-electron chi connectivity index (χ3n) is 7.09. The van der Waals surface area contributed by atoms with Gasteiger partial charge in [-0.15, -0.1) is 0 Å². The fraction of sp³-hybridized carbons (Fsp3) is 0.114. The Morgan fingerprint density at radius 2 is 1.74 bits per heavy atom. The number of rotatable bonds is 9. The van der Waals surface area contributed by atoms with Crippen LogP contribution in [0.15, 0.2) is 119 Å². The number of carbonyl (C=O) groups is 2. The molecular weight excluding hydrogens is 558 g/mol. The summed E-state index contributed by atoms with van der Waals surface area (Å²) in [5.74, 6) is 0.230. The van der Waals surface area contributed by atoms with E-state index in [9.17, 15) is 9.59 Å². The van der Waals surface area contributed by atoms with Gasteiger partial charge < -0.3 is 14.5 Å². The summed E-state index contributed by atoms with van der Waals surface area (Å²) in [7, 11) is 1.36. The molecule has 1 aliphatic rings. The molecule has 0 aliphatic carbocycles. The van der Waals surface area contributed by atoms with E-state index < -0.39 is 0 Å². The van der Waals surface area contributed by atoms with Crippen LogP contribution in [-0.2, 0) is 22.6 Å². The predicted octanol–water partition coefficient (Wildman–Crippen LogP) is 7.38. The van der Waals surface area contributed by atoms with Gasteiger partial charge in [0.1, 0.15) is 12.4 Å². The second kappa shape index (κ2) is 12.8. The van der Waals surface area contributed by atoms with Crippen molar-refractivity contribution in [2.75, 3.05) is 13.7 Å². The predicted molar refractivity (Wildman–Crippen MR) is 171 cm³/mol. The molecule has 0 atom stereocenters. The molecule has 0 saturated carbocycles. The molecular formula is C35H29N3O4S. The molecule has 1 fully saturated rings. The number of aliphatic imine (C=N–C) groups is 1. The minimum absolute atomic E-state index is 0.0726. The minimum atomic E-state index is -0.374. The molecule has 0 unspecified atom stereocenters. The van der Waals surface area contributed by atoms with Crippen LogP contribution in [0.3, 0.4) is 0 Å². The number of fused-ring (bicyclic) bond motifs is 1. The largest absolute Gasteiger partial charge is 0.489 e. The maximum absolute atomic E-state index is 13.7. The van der Waals surface area contributed by atoms with Crippen LogP contribution in [0.5, 0.6) is 5.75 Å². The smallest absolute Gasteiger partial charge is 0.337 e. The van der Waals surface area contributed by atoms with Gasteiger partial charge in [-0.25, -0.2) is 9.79 Å². The number of ether oxygens (including phenoxy) is 2. The van der Waals surface area contributed by atoms with Gasteiger partial charge in [-0.1, -0.05) is 60.7 Å². The molecule has 0 spiro atoms. The summed E-state index contributed by atoms with van der Waals surface area (Å²) < 4.78 is 10.8. The zero-order valence-corrected chi connectivity index (χ0v) is 24.3. The molecule has 5 aromatic rings. The standard InChI is InChI=1S/C35H29N3O4S/c1-41-34(40)26-16-14-24(15-17-26)23-42-29-11-7-8-25(20-29)21-32-33(39)38(35(43-32)37-28-9-3-2-4-10-28)19-18-27-22-36-31-13-6-5-12-30(27)31/h2-17,20-22,36H,18-19,23H2,1H3. The van der Waals surface area contributed by atoms with E-state index in [0.717, 1.165) is 33.3 Å². The van der Waals surface area contributed by atoms with E-state index in [0.29, 0.717) is 41.0 Å². The number of aromatic nitrogens is 1. The van der Waals surface area contributed by atoms with Crippen molar-refractivity contribution in [3.05, 3.63) is 136 Å². The lowest BCUT2D eigenvalue weighted by Gasteiger charge is -2.15. The van der Waals surface area contributed by atoms with Gasteiger partial charge in [0.15, 0.2) is 5.17 Å². The lowest BCUT2D eigenvalue weighted by molar-refractivity contribution is -0.122. The van der Waals surface area contributed by atoms with Crippen LogP contribution in [-0.4, -0.2) is 40.6 Å². The Morgan fingerprint density at radius 1 is 0.953 bits per heavy atom. The molecule has 43 heavy (non-hydrogen) atoms. The first-order valence-electron chi connectivity index (χ1n) is 13.9. The van der Waals surface area contributed by atoms with Crippen molar-refractivity contribution in [1.29, 1.82) is 0 Å². The molecule has 1 N–H and O–H groups in total. The van der Waals surface area contributed by atoms with Crippen LogP contribution in [0.1, 0.15) is 27.0 Å². The van der Waals surface area contributed by atoms with Crippen LogP contribution in [0, 0.1) is 0 Å². The van der Waals surface area contributed by atoms with Crippen LogP contribution in [0.25, 0.3) is 17.0 Å². The third-order valence-corrected chi connectivity index (χ3v) is 8.09. The molecule has 6 rings (SSSR count). The van der Waals surface area contributed by atoms with Gasteiger partial charge in [-0.05, 0) is 83.4 Å². The van der Waals surface area contributed by atoms with Gasteiger partial charge >= 0.3 is 5.97 Å². The number of thioether (sulfide) groups is 1. The third kappa shape index (κ3) is 6.55. The number of hydrogen-bond donors (Lipinski definition) is 1. The maximum atomic E-state index is 13.7. The van der Waals surface area contributed by atoms with E-state index in [-0.39, 0.29) is 11.9 Å². The summed E-state index contributed by atoms with van der Waals surface area (Å²) in [5, 5.41) is 1.82. The van der Waals surface area contributed by atoms with Gasteiger partial charge in [0, 0.05) is 23.6 Å². The number of para-hydroxylation sites is 2. The topological polar surface area (TPSA) is 84.0 Å². The number of esters is 1. The molecule has 1 amide bonds. The summed E-state index contributed by atoms with van der Waals surface area (Å²) in [4.78, 5) is 35.9. The van der Waals surface area contributed by atoms with Crippen molar-refractivity contribution in [1.82, 2.24) is 9.88 Å². The highest BCUT2D eigenvalue weighted by molar-refractivity contribution is 8.18. The average molecular weight is 588 g/mol. The highest BCUT2D eigenvalue weighted by Crippen LogP contribution is 2.35. The maximum Gasteiger partial charge on any atom is 0.337 e. The Bertz CT molecular complexity index is 1830. The van der Waals surface area contributed by atoms with Gasteiger partial charge in [0.25, 0.3) is 5.91 Å². The number of H-pyrrole nitrogens is 1. The summed E-state index contributed by atoms with van der Waals surface area (Å²) in [5.41, 5.74) is 5.31. The van der Waals surface area contributed by atoms with Crippen LogP contribution in [0.4, 0.5) is 5.69 Å². The molecule has 214 valence electrons. The molecule has 0 bridgehead atoms. The van der Waals surface area contributed by atoms with Gasteiger partial charge in [-0.2, -0.15) is 0 Å². The van der Waals surface area contributed by atoms with E-state index in [2.05, 4.69) is 17.1 Å². The molecule has 1 aromatic heterocycles. The number of nitrogens with zero attached hydrogens (tertiary/aromatic N) is 2. The van der Waals surface area contributed by atoms with Crippen molar-refractivity contribution in [2.24, 2.45) is 4.99 Å². The van der Waals surface area contributed by atoms with E-state index in [4.69, 9.17) is 14.5 Å². The van der Waals surface area contributed by atoms with Crippen LogP contribution < -0.4 is 4.74 Å². The Kier molecular flexibility index (Phi) is 8.38. The molecule has 8 heteroatoms. The lowest BCUT2D eigenvalue weighted by Crippen LogP contribution is -2.31. The highest BCUT2D eigenvalue weighted by Gasteiger charge is 2.33. The zero-order chi connectivity index (χ0) is 29.6. The van der Waals surface area contributed by atoms with Crippen LogP contribution in [0.2, 0.25) is 0 Å². The molecule has 1 aliphatic heterocycles. The quantitative estimate of drug-likeness (QED) is 0.144. The number of nitrogens with one attached hydrogen (secondary N) is 1. The van der Waals surface area contributed by atoms with E-state index in [1.165, 1.54) is 18.9 Å². The summed E-state index contributed by atoms with van der Waals surface area (Å²) >= 11 is 1.38. The van der Waals surface area contributed by atoms with E-state index in [1.807, 2.05) is 91.1 Å². The Labute approximate surface area is 253 Å². The summed E-state index contributed by atoms with van der Waals surface area (Å²) in [6, 6.07) is 32.6. The monoisotopic (exact) mass is 587 g/mol. The summed E-state index contributed by atoms with van der Waals surface area (Å²) in [6.07, 6.45) is 4.60. The number of amides is 1. The van der Waals surface area contributed by atoms with Crippen molar-refractivity contribution in [3.8, 4) is 5.75 Å². The number of amidine groups is 1. The zero-order valence-electron chi connectivity index (χ0n) is 23.5. The van der Waals surface area contributed by atoms with Gasteiger partial charge in [0.05, 0.1) is 23.3 Å². The number of hydrogen-bond acceptors (Lipinski definition) is 6. The summed E-state index contributed by atoms with van der Waals surface area (Å²) in [6.45, 7) is 0.846. The number of aromatic amines is 1. The second-order valence-electron chi connectivity index (χ2n) is 9.96. The molecule has 2 heterocycles. The van der Waals surface area contributed by atoms with E-state index in [1.54, 1.807) is 17.0 Å². The molecule has 0 radical (unpaired) electrons. The number of benzene rings is 4. The van der Waals surface area contributed by atoms with Gasteiger partial charge in [0.2, 0.25) is 0 Å². The van der Waals surface area contributed by atoms with E-state index >= 15 is 0 Å². The Balaban J connectivity index is 1.20. The lowest BCUT2D eigenvalue weighted by atomic mass is 10.1. The molecule has 4 aromatic carbocycles. The Hall–Kier alpha value is -5.08. The first-order chi connectivity index (χ1) is 21.1. The number of carbonyl (C=O) groups excluding carboxylic acids is 2. The van der Waals surface area contributed by atoms with Crippen molar-refractivity contribution >= 4 is 51.5 Å².